The molecule has 1 fully saturated rings. The van der Waals surface area contributed by atoms with Crippen LogP contribution in [0, 0.1) is 0 Å². The molecular weight excluding hydrogens is 354 g/mol. The highest BCUT2D eigenvalue weighted by Crippen LogP contribution is 2.24. The van der Waals surface area contributed by atoms with Crippen LogP contribution in [0.4, 0.5) is 11.4 Å². The summed E-state index contributed by atoms with van der Waals surface area (Å²) in [6.45, 7) is 1.06. The second-order valence-corrected chi connectivity index (χ2v) is 6.41. The maximum absolute atomic E-state index is 13.0. The Morgan fingerprint density at radius 2 is 1.36 bits per heavy atom. The molecule has 2 aromatic rings. The largest absolute Gasteiger partial charge is 0.298 e. The van der Waals surface area contributed by atoms with Crippen LogP contribution in [-0.4, -0.2) is 30.8 Å². The van der Waals surface area contributed by atoms with Gasteiger partial charge in [-0.25, -0.2) is 0 Å². The quantitative estimate of drug-likeness (QED) is 0.303. The maximum Gasteiger partial charge on any atom is 0.187 e. The third-order valence-corrected chi connectivity index (χ3v) is 4.21. The molecule has 0 saturated carbocycles. The van der Waals surface area contributed by atoms with Gasteiger partial charge in [-0.15, -0.1) is 0 Å². The number of hydrogen-bond donors (Lipinski definition) is 0. The van der Waals surface area contributed by atoms with E-state index in [1.54, 1.807) is 36.4 Å². The first-order chi connectivity index (χ1) is 13.6. The van der Waals surface area contributed by atoms with Crippen LogP contribution >= 0.6 is 0 Å². The highest BCUT2D eigenvalue weighted by molar-refractivity contribution is 6.14. The van der Waals surface area contributed by atoms with Crippen molar-refractivity contribution in [1.29, 1.82) is 0 Å². The first-order valence-corrected chi connectivity index (χ1v) is 8.54. The fourth-order valence-electron chi connectivity index (χ4n) is 3.07. The number of likely N-dealkylation sites (N-methyl/N-ethyl adjacent to an activating group) is 1. The summed E-state index contributed by atoms with van der Waals surface area (Å²) < 4.78 is 0. The van der Waals surface area contributed by atoms with Gasteiger partial charge in [-0.1, -0.05) is 46.6 Å². The van der Waals surface area contributed by atoms with E-state index < -0.39 is 0 Å². The normalized spacial score (nSPS) is 17.2. The lowest BCUT2D eigenvalue weighted by atomic mass is 9.94. The number of likely N-dealkylation sites (tertiary alicyclic amines) is 1. The Hall–Kier alpha value is -3.83. The predicted molar refractivity (Wildman–Crippen MR) is 109 cm³/mol. The molecule has 1 aliphatic heterocycles. The van der Waals surface area contributed by atoms with E-state index in [2.05, 4.69) is 20.1 Å². The highest BCUT2D eigenvalue weighted by Gasteiger charge is 2.23. The molecule has 2 aromatic carbocycles. The van der Waals surface area contributed by atoms with Gasteiger partial charge >= 0.3 is 0 Å². The molecule has 1 heterocycles. The smallest absolute Gasteiger partial charge is 0.187 e. The summed E-state index contributed by atoms with van der Waals surface area (Å²) in [7, 11) is 1.95. The predicted octanol–water partition coefficient (Wildman–Crippen LogP) is 5.55. The van der Waals surface area contributed by atoms with Crippen molar-refractivity contribution in [2.75, 3.05) is 20.1 Å². The van der Waals surface area contributed by atoms with Gasteiger partial charge in [-0.05, 0) is 53.5 Å². The van der Waals surface area contributed by atoms with Crippen LogP contribution in [0.5, 0.6) is 0 Å². The van der Waals surface area contributed by atoms with E-state index in [9.17, 15) is 4.79 Å². The third kappa shape index (κ3) is 4.66. The number of piperidine rings is 1. The second-order valence-electron chi connectivity index (χ2n) is 6.41. The summed E-state index contributed by atoms with van der Waals surface area (Å²) >= 11 is 0. The van der Waals surface area contributed by atoms with Crippen LogP contribution < -0.4 is 0 Å². The van der Waals surface area contributed by atoms with Crippen molar-refractivity contribution < 1.29 is 4.79 Å². The van der Waals surface area contributed by atoms with E-state index >= 15 is 0 Å². The van der Waals surface area contributed by atoms with Gasteiger partial charge in [0.15, 0.2) is 5.78 Å². The molecule has 0 aliphatic carbocycles. The van der Waals surface area contributed by atoms with Crippen molar-refractivity contribution in [3.8, 4) is 0 Å². The number of azide groups is 2. The van der Waals surface area contributed by atoms with E-state index in [0.717, 1.165) is 11.1 Å². The molecular formula is C20H17N7O. The van der Waals surface area contributed by atoms with Crippen LogP contribution in [-0.2, 0) is 4.79 Å². The Morgan fingerprint density at radius 3 is 1.79 bits per heavy atom. The molecule has 138 valence electrons. The second kappa shape index (κ2) is 8.70. The average Bonchev–Trinajstić information content (AvgIpc) is 2.67. The summed E-state index contributed by atoms with van der Waals surface area (Å²) in [5.74, 6) is -0.0264. The van der Waals surface area contributed by atoms with Crippen molar-refractivity contribution in [1.82, 2.24) is 4.90 Å². The van der Waals surface area contributed by atoms with E-state index in [0.29, 0.717) is 35.6 Å². The maximum atomic E-state index is 13.0. The zero-order chi connectivity index (χ0) is 19.9. The number of nitrogens with zero attached hydrogens (tertiary/aromatic N) is 7. The Bertz CT molecular complexity index is 990. The van der Waals surface area contributed by atoms with Gasteiger partial charge in [-0.3, -0.25) is 9.69 Å². The minimum absolute atomic E-state index is 0.0264. The van der Waals surface area contributed by atoms with Crippen LogP contribution in [0.1, 0.15) is 11.1 Å². The number of Topliss-reactive ketones (excluding diaryl/α,β-unsaturated/α-hetero) is 1. The summed E-state index contributed by atoms with van der Waals surface area (Å²) in [5.41, 5.74) is 21.1. The fraction of sp³-hybridized carbons (Fsp3) is 0.150. The number of carbonyl (C=O) groups excluding carboxylic acids is 1. The number of benzene rings is 2. The summed E-state index contributed by atoms with van der Waals surface area (Å²) in [6.07, 6.45) is 3.64. The van der Waals surface area contributed by atoms with E-state index in [4.69, 9.17) is 11.1 Å². The van der Waals surface area contributed by atoms with Crippen LogP contribution in [0.3, 0.4) is 0 Å². The number of carbonyl (C=O) groups is 1. The molecule has 8 heteroatoms. The summed E-state index contributed by atoms with van der Waals surface area (Å²) in [4.78, 5) is 20.6. The SMILES string of the molecule is CN1CC(=Cc2cccc(N=[N+]=[N-])c2)C(=O)C(=Cc2cccc(N=[N+]=[N-])c2)C1. The molecule has 0 bridgehead atoms. The lowest BCUT2D eigenvalue weighted by Gasteiger charge is -2.26. The summed E-state index contributed by atoms with van der Waals surface area (Å²) in [6, 6.07) is 14.2. The first-order valence-electron chi connectivity index (χ1n) is 8.54. The minimum Gasteiger partial charge on any atom is -0.298 e. The van der Waals surface area contributed by atoms with Crippen molar-refractivity contribution in [3.05, 3.63) is 91.7 Å². The molecule has 0 spiro atoms. The van der Waals surface area contributed by atoms with Crippen molar-refractivity contribution >= 4 is 29.3 Å². The molecule has 0 atom stereocenters. The van der Waals surface area contributed by atoms with Gasteiger partial charge in [0, 0.05) is 45.4 Å². The minimum atomic E-state index is -0.0264. The molecule has 0 radical (unpaired) electrons. The lowest BCUT2D eigenvalue weighted by molar-refractivity contribution is -0.113. The Morgan fingerprint density at radius 1 is 0.893 bits per heavy atom. The van der Waals surface area contributed by atoms with Gasteiger partial charge in [0.2, 0.25) is 0 Å². The van der Waals surface area contributed by atoms with Gasteiger partial charge in [0.1, 0.15) is 0 Å². The van der Waals surface area contributed by atoms with Gasteiger partial charge < -0.3 is 0 Å². The molecule has 28 heavy (non-hydrogen) atoms. The van der Waals surface area contributed by atoms with E-state index in [1.807, 2.05) is 36.2 Å². The number of ketones is 1. The fourth-order valence-corrected chi connectivity index (χ4v) is 3.07. The van der Waals surface area contributed by atoms with Crippen LogP contribution in [0.25, 0.3) is 33.0 Å². The average molecular weight is 371 g/mol. The molecule has 0 unspecified atom stereocenters. The Kier molecular flexibility index (Phi) is 5.89. The molecule has 0 amide bonds. The van der Waals surface area contributed by atoms with Gasteiger partial charge in [-0.2, -0.15) is 0 Å². The van der Waals surface area contributed by atoms with Crippen molar-refractivity contribution in [2.45, 2.75) is 0 Å². The van der Waals surface area contributed by atoms with Crippen LogP contribution in [0.2, 0.25) is 0 Å². The topological polar surface area (TPSA) is 118 Å². The zero-order valence-electron chi connectivity index (χ0n) is 15.2. The first kappa shape index (κ1) is 18.9. The number of hydrogen-bond acceptors (Lipinski definition) is 4. The monoisotopic (exact) mass is 371 g/mol. The zero-order valence-corrected chi connectivity index (χ0v) is 15.2. The Labute approximate surface area is 161 Å². The third-order valence-electron chi connectivity index (χ3n) is 4.21. The molecule has 0 aromatic heterocycles. The van der Waals surface area contributed by atoms with Crippen molar-refractivity contribution in [2.24, 2.45) is 10.2 Å². The van der Waals surface area contributed by atoms with E-state index in [-0.39, 0.29) is 5.78 Å². The lowest BCUT2D eigenvalue weighted by Crippen LogP contribution is -2.34. The standard InChI is InChI=1S/C20H17N7O/c1-27-12-16(8-14-4-2-6-18(10-14)23-25-21)20(28)17(13-27)9-15-5-3-7-19(11-15)24-26-22/h2-11H,12-13H2,1H3. The van der Waals surface area contributed by atoms with Crippen LogP contribution in [0.15, 0.2) is 69.9 Å². The molecule has 1 aliphatic rings. The van der Waals surface area contributed by atoms with Gasteiger partial charge in [0.05, 0.1) is 0 Å². The van der Waals surface area contributed by atoms with Crippen molar-refractivity contribution in [3.63, 3.8) is 0 Å². The highest BCUT2D eigenvalue weighted by atomic mass is 16.1. The Balaban J connectivity index is 1.94. The summed E-state index contributed by atoms with van der Waals surface area (Å²) in [5, 5.41) is 7.20. The molecule has 8 nitrogen and oxygen atoms in total. The molecule has 3 rings (SSSR count). The molecule has 1 saturated heterocycles. The van der Waals surface area contributed by atoms with E-state index in [1.165, 1.54) is 0 Å². The number of rotatable bonds is 4. The van der Waals surface area contributed by atoms with Gasteiger partial charge in [0.25, 0.3) is 0 Å². The molecule has 0 N–H and O–H groups in total.